The van der Waals surface area contributed by atoms with Gasteiger partial charge in [-0.05, 0) is 0 Å². The topological polar surface area (TPSA) is 33.0 Å². The minimum atomic E-state index is -2.48. The molecule has 0 aliphatic rings. The van der Waals surface area contributed by atoms with Gasteiger partial charge in [0.05, 0.1) is 0 Å². The number of nitriles is 1. The first kappa shape index (κ1) is 35.1. The maximum atomic E-state index is 10.4. The van der Waals surface area contributed by atoms with E-state index in [2.05, 4.69) is 108 Å². The molecule has 0 saturated heterocycles. The minimum absolute atomic E-state index is 0.0293. The first-order valence-corrected chi connectivity index (χ1v) is 26.1. The number of hydrogen-bond donors (Lipinski definition) is 0. The molecule has 0 spiro atoms. The van der Waals surface area contributed by atoms with Crippen LogP contribution in [0, 0.1) is 11.3 Å². The van der Waals surface area contributed by atoms with E-state index in [1.807, 2.05) is 0 Å². The molecule has 0 bridgehead atoms. The summed E-state index contributed by atoms with van der Waals surface area (Å²) >= 11 is -2.48. The Morgan fingerprint density at radius 1 is 0.700 bits per heavy atom. The molecule has 2 aromatic carbocycles. The third-order valence-corrected chi connectivity index (χ3v) is 31.1. The molecule has 0 N–H and O–H groups in total. The van der Waals surface area contributed by atoms with E-state index in [-0.39, 0.29) is 5.04 Å². The van der Waals surface area contributed by atoms with E-state index in [4.69, 9.17) is 4.43 Å². The molecule has 0 saturated carbocycles. The molecule has 0 aromatic heterocycles. The van der Waals surface area contributed by atoms with Crippen LogP contribution in [0.15, 0.2) is 60.7 Å². The van der Waals surface area contributed by atoms with E-state index in [1.54, 1.807) is 0 Å². The Balaban J connectivity index is 2.03. The number of hydrogen-bond acceptors (Lipinski definition) is 2. The molecule has 40 heavy (non-hydrogen) atoms. The molecule has 0 fully saturated rings. The Hall–Kier alpha value is -1.09. The molecule has 2 aromatic rings. The number of unbranched alkanes of at least 4 members (excludes halogenated alkanes) is 6. The van der Waals surface area contributed by atoms with Crippen molar-refractivity contribution in [3.63, 3.8) is 0 Å². The van der Waals surface area contributed by atoms with Gasteiger partial charge in [-0.2, -0.15) is 0 Å². The predicted molar refractivity (Wildman–Crippen MR) is 181 cm³/mol. The quantitative estimate of drug-likeness (QED) is 0.104. The van der Waals surface area contributed by atoms with Crippen LogP contribution >= 0.6 is 0 Å². The fraction of sp³-hybridized carbons (Fsp3) is 0.639. The number of rotatable bonds is 20. The fourth-order valence-electron chi connectivity index (χ4n) is 6.78. The fourth-order valence-corrected chi connectivity index (χ4v) is 28.7. The monoisotopic (exact) mass is 669 g/mol. The molecule has 0 heterocycles. The Kier molecular flexibility index (Phi) is 16.2. The van der Waals surface area contributed by atoms with E-state index >= 15 is 0 Å². The van der Waals surface area contributed by atoms with Crippen LogP contribution in [0.25, 0.3) is 0 Å². The van der Waals surface area contributed by atoms with E-state index in [0.29, 0.717) is 3.93 Å². The van der Waals surface area contributed by atoms with Gasteiger partial charge in [0.2, 0.25) is 0 Å². The zero-order chi connectivity index (χ0) is 29.3. The Bertz CT molecular complexity index is 905. The molecule has 0 amide bonds. The van der Waals surface area contributed by atoms with Crippen molar-refractivity contribution in [2.45, 2.75) is 134 Å². The summed E-state index contributed by atoms with van der Waals surface area (Å²) in [6, 6.07) is 24.9. The van der Waals surface area contributed by atoms with Gasteiger partial charge < -0.3 is 0 Å². The van der Waals surface area contributed by atoms with Gasteiger partial charge in [0.15, 0.2) is 0 Å². The standard InChI is InChI=1S/C24H32NOSi.3C4H9.Sn/c1-24(2,3)27(22-16-10-8-11-17-22,23-18-12-9-13-19-23)26-21-15-7-5-4-6-14-20-25;3*1-3-4-2;/h8-14,16-19H,4-7,15,21H2,1-3H3;3*1,3-4H2,2H3;. The Labute approximate surface area is 253 Å². The second-order valence-electron chi connectivity index (χ2n) is 13.1. The van der Waals surface area contributed by atoms with Crippen molar-refractivity contribution < 1.29 is 4.43 Å². The summed E-state index contributed by atoms with van der Waals surface area (Å²) in [6.07, 6.45) is 13.7. The van der Waals surface area contributed by atoms with Crippen LogP contribution < -0.4 is 10.4 Å². The number of benzene rings is 2. The van der Waals surface area contributed by atoms with Crippen LogP contribution in [0.1, 0.15) is 112 Å². The Morgan fingerprint density at radius 2 is 1.15 bits per heavy atom. The summed E-state index contributed by atoms with van der Waals surface area (Å²) in [5, 5.41) is 13.1. The molecule has 2 nitrogen and oxygen atoms in total. The predicted octanol–water partition coefficient (Wildman–Crippen LogP) is 10.3. The van der Waals surface area contributed by atoms with E-state index in [9.17, 15) is 5.26 Å². The van der Waals surface area contributed by atoms with Gasteiger partial charge in [-0.3, -0.25) is 0 Å². The molecule has 2 rings (SSSR count). The second kappa shape index (κ2) is 18.4. The summed E-state index contributed by atoms with van der Waals surface area (Å²) in [5.74, 6) is 0. The summed E-state index contributed by atoms with van der Waals surface area (Å²) in [4.78, 5) is 0. The summed E-state index contributed by atoms with van der Waals surface area (Å²) in [7, 11) is -2.44. The molecular formula is C36H59NOSiSn. The molecule has 222 valence electrons. The van der Waals surface area contributed by atoms with Crippen molar-refractivity contribution in [3.05, 3.63) is 60.7 Å². The SMILES string of the molecule is CCC[CH2][Sn]([CH2]CCC)([CH2]CCC)[CH](C#N)CCCCCCO[Si](c1ccccc1)(c1ccccc1)C(C)(C)C. The van der Waals surface area contributed by atoms with Crippen molar-refractivity contribution in [2.24, 2.45) is 0 Å². The maximum absolute atomic E-state index is 10.4. The molecule has 0 aliphatic heterocycles. The van der Waals surface area contributed by atoms with Crippen LogP contribution in [-0.4, -0.2) is 33.3 Å². The average Bonchev–Trinajstić information content (AvgIpc) is 2.97. The first-order chi connectivity index (χ1) is 19.3. The van der Waals surface area contributed by atoms with Gasteiger partial charge in [0.25, 0.3) is 0 Å². The molecule has 0 radical (unpaired) electrons. The van der Waals surface area contributed by atoms with Crippen LogP contribution in [-0.2, 0) is 4.43 Å². The van der Waals surface area contributed by atoms with E-state index < -0.39 is 26.7 Å². The van der Waals surface area contributed by atoms with Crippen LogP contribution in [0.3, 0.4) is 0 Å². The van der Waals surface area contributed by atoms with Crippen LogP contribution in [0.4, 0.5) is 0 Å². The van der Waals surface area contributed by atoms with Crippen molar-refractivity contribution >= 4 is 37.1 Å². The zero-order valence-electron chi connectivity index (χ0n) is 26.8. The summed E-state index contributed by atoms with van der Waals surface area (Å²) in [5.41, 5.74) is 0. The third-order valence-electron chi connectivity index (χ3n) is 9.10. The van der Waals surface area contributed by atoms with Crippen molar-refractivity contribution in [1.82, 2.24) is 0 Å². The van der Waals surface area contributed by atoms with Gasteiger partial charge in [0.1, 0.15) is 0 Å². The van der Waals surface area contributed by atoms with E-state index in [0.717, 1.165) is 19.4 Å². The van der Waals surface area contributed by atoms with Gasteiger partial charge in [0, 0.05) is 0 Å². The first-order valence-electron chi connectivity index (χ1n) is 16.5. The second-order valence-corrected chi connectivity index (χ2v) is 31.4. The van der Waals surface area contributed by atoms with Crippen LogP contribution in [0.5, 0.6) is 0 Å². The van der Waals surface area contributed by atoms with Crippen molar-refractivity contribution in [1.29, 1.82) is 5.26 Å². The van der Waals surface area contributed by atoms with E-state index in [1.165, 1.54) is 81.5 Å². The number of nitrogens with zero attached hydrogens (tertiary/aromatic N) is 1. The normalized spacial score (nSPS) is 13.2. The molecule has 1 atom stereocenters. The molecule has 4 heteroatoms. The molecule has 1 unspecified atom stereocenters. The summed E-state index contributed by atoms with van der Waals surface area (Å²) < 4.78 is 11.8. The van der Waals surface area contributed by atoms with Gasteiger partial charge in [-0.1, -0.05) is 12.1 Å². The molecule has 0 aliphatic carbocycles. The van der Waals surface area contributed by atoms with Gasteiger partial charge in [-0.15, -0.1) is 0 Å². The zero-order valence-corrected chi connectivity index (χ0v) is 30.7. The van der Waals surface area contributed by atoms with Gasteiger partial charge >= 0.3 is 242 Å². The molecular weight excluding hydrogens is 609 g/mol. The average molecular weight is 669 g/mol. The Morgan fingerprint density at radius 3 is 1.55 bits per heavy atom. The van der Waals surface area contributed by atoms with Crippen molar-refractivity contribution in [3.8, 4) is 6.07 Å². The third kappa shape index (κ3) is 9.74. The van der Waals surface area contributed by atoms with Gasteiger partial charge in [-0.25, -0.2) is 0 Å². The summed E-state index contributed by atoms with van der Waals surface area (Å²) in [6.45, 7) is 14.9. The van der Waals surface area contributed by atoms with Crippen molar-refractivity contribution in [2.75, 3.05) is 6.61 Å². The van der Waals surface area contributed by atoms with Crippen LogP contribution in [0.2, 0.25) is 22.3 Å².